The van der Waals surface area contributed by atoms with Crippen molar-refractivity contribution in [1.82, 2.24) is 10.3 Å². The molecule has 0 saturated carbocycles. The highest BCUT2D eigenvalue weighted by molar-refractivity contribution is 5.51. The lowest BCUT2D eigenvalue weighted by atomic mass is 10.2. The van der Waals surface area contributed by atoms with Gasteiger partial charge in [-0.2, -0.15) is 0 Å². The van der Waals surface area contributed by atoms with Gasteiger partial charge in [0.15, 0.2) is 0 Å². The second-order valence-corrected chi connectivity index (χ2v) is 4.77. The van der Waals surface area contributed by atoms with Crippen molar-refractivity contribution < 1.29 is 4.74 Å². The van der Waals surface area contributed by atoms with E-state index in [0.717, 1.165) is 39.2 Å². The zero-order chi connectivity index (χ0) is 12.8. The number of rotatable bonds is 4. The first-order valence-corrected chi connectivity index (χ1v) is 6.81. The maximum absolute atomic E-state index is 5.70. The van der Waals surface area contributed by atoms with Crippen molar-refractivity contribution in [2.75, 3.05) is 31.1 Å². The van der Waals surface area contributed by atoms with Crippen molar-refractivity contribution in [3.05, 3.63) is 24.0 Å². The average Bonchev–Trinajstić information content (AvgIpc) is 2.61. The van der Waals surface area contributed by atoms with Crippen LogP contribution in [0.5, 0.6) is 0 Å². The molecule has 1 fully saturated rings. The molecule has 18 heavy (non-hydrogen) atoms. The van der Waals surface area contributed by atoms with Crippen molar-refractivity contribution in [2.45, 2.75) is 32.9 Å². The van der Waals surface area contributed by atoms with Gasteiger partial charge in [-0.1, -0.05) is 6.92 Å². The predicted molar refractivity (Wildman–Crippen MR) is 73.9 cm³/mol. The van der Waals surface area contributed by atoms with E-state index in [2.05, 4.69) is 35.1 Å². The number of ether oxygens (including phenoxy) is 1. The molecule has 1 aromatic rings. The smallest absolute Gasteiger partial charge is 0.0721 e. The summed E-state index contributed by atoms with van der Waals surface area (Å²) in [6, 6.07) is 2.11. The van der Waals surface area contributed by atoms with Gasteiger partial charge < -0.3 is 15.0 Å². The first-order chi connectivity index (χ1) is 8.81. The first kappa shape index (κ1) is 13.3. The third kappa shape index (κ3) is 3.43. The molecule has 4 nitrogen and oxygen atoms in total. The SMILES string of the molecule is CCNCc1ccncc1N1CCCOC(C)C1. The minimum atomic E-state index is 0.291. The van der Waals surface area contributed by atoms with Gasteiger partial charge in [0.2, 0.25) is 0 Å². The van der Waals surface area contributed by atoms with Crippen molar-refractivity contribution in [3.8, 4) is 0 Å². The summed E-state index contributed by atoms with van der Waals surface area (Å²) >= 11 is 0. The van der Waals surface area contributed by atoms with Gasteiger partial charge in [-0.25, -0.2) is 0 Å². The molecule has 4 heteroatoms. The minimum absolute atomic E-state index is 0.291. The number of hydrogen-bond acceptors (Lipinski definition) is 4. The van der Waals surface area contributed by atoms with E-state index in [4.69, 9.17) is 4.74 Å². The lowest BCUT2D eigenvalue weighted by molar-refractivity contribution is 0.0821. The van der Waals surface area contributed by atoms with Crippen LogP contribution in [0, 0.1) is 0 Å². The summed E-state index contributed by atoms with van der Waals surface area (Å²) in [7, 11) is 0. The number of aromatic nitrogens is 1. The Labute approximate surface area is 109 Å². The van der Waals surface area contributed by atoms with E-state index in [-0.39, 0.29) is 0 Å². The molecular formula is C14H23N3O. The van der Waals surface area contributed by atoms with Crippen LogP contribution >= 0.6 is 0 Å². The van der Waals surface area contributed by atoms with Gasteiger partial charge in [-0.05, 0) is 31.5 Å². The van der Waals surface area contributed by atoms with Crippen LogP contribution in [0.2, 0.25) is 0 Å². The zero-order valence-electron chi connectivity index (χ0n) is 11.4. The zero-order valence-corrected chi connectivity index (χ0v) is 11.4. The summed E-state index contributed by atoms with van der Waals surface area (Å²) in [5.74, 6) is 0. The Balaban J connectivity index is 2.14. The van der Waals surface area contributed by atoms with Crippen LogP contribution in [-0.4, -0.2) is 37.3 Å². The molecule has 1 aliphatic rings. The van der Waals surface area contributed by atoms with E-state index < -0.39 is 0 Å². The van der Waals surface area contributed by atoms with Crippen LogP contribution in [0.4, 0.5) is 5.69 Å². The lowest BCUT2D eigenvalue weighted by Gasteiger charge is -2.26. The molecule has 100 valence electrons. The highest BCUT2D eigenvalue weighted by Gasteiger charge is 2.17. The summed E-state index contributed by atoms with van der Waals surface area (Å²) in [5.41, 5.74) is 2.57. The number of nitrogens with one attached hydrogen (secondary N) is 1. The Morgan fingerprint density at radius 2 is 2.44 bits per heavy atom. The van der Waals surface area contributed by atoms with Gasteiger partial charge in [-0.3, -0.25) is 4.98 Å². The summed E-state index contributed by atoms with van der Waals surface area (Å²) < 4.78 is 5.70. The summed E-state index contributed by atoms with van der Waals surface area (Å²) in [6.07, 6.45) is 5.22. The largest absolute Gasteiger partial charge is 0.377 e. The Morgan fingerprint density at radius 3 is 3.28 bits per heavy atom. The number of hydrogen-bond donors (Lipinski definition) is 1. The molecule has 1 aliphatic heterocycles. The molecule has 1 atom stereocenters. The Hall–Kier alpha value is -1.13. The van der Waals surface area contributed by atoms with Crippen molar-refractivity contribution in [2.24, 2.45) is 0 Å². The molecule has 2 rings (SSSR count). The van der Waals surface area contributed by atoms with Gasteiger partial charge in [0.05, 0.1) is 18.0 Å². The summed E-state index contributed by atoms with van der Waals surface area (Å²) in [5, 5.41) is 3.39. The molecule has 1 N–H and O–H groups in total. The Morgan fingerprint density at radius 1 is 1.56 bits per heavy atom. The van der Waals surface area contributed by atoms with Crippen molar-refractivity contribution in [1.29, 1.82) is 0 Å². The number of pyridine rings is 1. The fraction of sp³-hybridized carbons (Fsp3) is 0.643. The topological polar surface area (TPSA) is 37.4 Å². The molecule has 0 aromatic carbocycles. The fourth-order valence-electron chi connectivity index (χ4n) is 2.32. The predicted octanol–water partition coefficient (Wildman–Crippen LogP) is 1.81. The second-order valence-electron chi connectivity index (χ2n) is 4.77. The van der Waals surface area contributed by atoms with Gasteiger partial charge in [0.1, 0.15) is 0 Å². The fourth-order valence-corrected chi connectivity index (χ4v) is 2.32. The quantitative estimate of drug-likeness (QED) is 0.883. The Bertz CT molecular complexity index is 370. The third-order valence-corrected chi connectivity index (χ3v) is 3.25. The lowest BCUT2D eigenvalue weighted by Crippen LogP contribution is -2.31. The molecule has 0 bridgehead atoms. The van der Waals surface area contributed by atoms with Crippen LogP contribution in [0.1, 0.15) is 25.8 Å². The second kappa shape index (κ2) is 6.71. The molecule has 1 saturated heterocycles. The van der Waals surface area contributed by atoms with Crippen molar-refractivity contribution in [3.63, 3.8) is 0 Å². The molecule has 0 spiro atoms. The molecule has 0 amide bonds. The van der Waals surface area contributed by atoms with Crippen molar-refractivity contribution >= 4 is 5.69 Å². The van der Waals surface area contributed by atoms with E-state index in [1.54, 1.807) is 0 Å². The summed E-state index contributed by atoms with van der Waals surface area (Å²) in [4.78, 5) is 6.67. The van der Waals surface area contributed by atoms with E-state index in [1.807, 2.05) is 12.4 Å². The van der Waals surface area contributed by atoms with E-state index in [9.17, 15) is 0 Å². The highest BCUT2D eigenvalue weighted by Crippen LogP contribution is 2.21. The van der Waals surface area contributed by atoms with Crippen LogP contribution < -0.4 is 10.2 Å². The van der Waals surface area contributed by atoms with Crippen LogP contribution in [0.25, 0.3) is 0 Å². The molecular weight excluding hydrogens is 226 g/mol. The van der Waals surface area contributed by atoms with Crippen LogP contribution in [-0.2, 0) is 11.3 Å². The van der Waals surface area contributed by atoms with E-state index >= 15 is 0 Å². The molecule has 1 unspecified atom stereocenters. The molecule has 0 radical (unpaired) electrons. The van der Waals surface area contributed by atoms with Crippen LogP contribution in [0.15, 0.2) is 18.5 Å². The standard InChI is InChI=1S/C14H23N3O/c1-3-15-9-13-5-6-16-10-14(13)17-7-4-8-18-12(2)11-17/h5-6,10,12,15H,3-4,7-9,11H2,1-2H3. The summed E-state index contributed by atoms with van der Waals surface area (Å²) in [6.45, 7) is 9.02. The number of nitrogens with zero attached hydrogens (tertiary/aromatic N) is 2. The first-order valence-electron chi connectivity index (χ1n) is 6.81. The molecule has 1 aromatic heterocycles. The van der Waals surface area contributed by atoms with Gasteiger partial charge in [-0.15, -0.1) is 0 Å². The highest BCUT2D eigenvalue weighted by atomic mass is 16.5. The van der Waals surface area contributed by atoms with Crippen LogP contribution in [0.3, 0.4) is 0 Å². The van der Waals surface area contributed by atoms with E-state index in [1.165, 1.54) is 11.3 Å². The van der Waals surface area contributed by atoms with Gasteiger partial charge in [0.25, 0.3) is 0 Å². The maximum atomic E-state index is 5.70. The average molecular weight is 249 g/mol. The van der Waals surface area contributed by atoms with E-state index in [0.29, 0.717) is 6.10 Å². The molecule has 0 aliphatic carbocycles. The normalized spacial score (nSPS) is 20.8. The third-order valence-electron chi connectivity index (χ3n) is 3.25. The number of anilines is 1. The Kier molecular flexibility index (Phi) is 4.96. The maximum Gasteiger partial charge on any atom is 0.0721 e. The monoisotopic (exact) mass is 249 g/mol. The van der Waals surface area contributed by atoms with Gasteiger partial charge >= 0.3 is 0 Å². The minimum Gasteiger partial charge on any atom is -0.377 e. The molecule has 2 heterocycles. The van der Waals surface area contributed by atoms with Gasteiger partial charge in [0, 0.05) is 32.4 Å².